The van der Waals surface area contributed by atoms with Crippen LogP contribution in [0.15, 0.2) is 0 Å². The number of likely N-dealkylation sites (N-methyl/N-ethyl adjacent to an activating group) is 1. The fourth-order valence-electron chi connectivity index (χ4n) is 0.712. The quantitative estimate of drug-likeness (QED) is 0.486. The SMILES string of the molecule is COP(=O)(OCC[N+](C)(C)C)OCC(N)=O. The molecule has 16 heavy (non-hydrogen) atoms. The van der Waals surface area contributed by atoms with Crippen LogP contribution in [0.1, 0.15) is 0 Å². The fraction of sp³-hybridized carbons (Fsp3) is 0.875. The number of hydrogen-bond donors (Lipinski definition) is 1. The summed E-state index contributed by atoms with van der Waals surface area (Å²) < 4.78 is 26.6. The summed E-state index contributed by atoms with van der Waals surface area (Å²) in [5, 5.41) is 0. The van der Waals surface area contributed by atoms with Crippen molar-refractivity contribution < 1.29 is 27.4 Å². The predicted octanol–water partition coefficient (Wildman–Crippen LogP) is -0.0344. The average Bonchev–Trinajstić information content (AvgIpc) is 2.13. The number of phosphoric ester groups is 1. The number of primary amides is 1. The van der Waals surface area contributed by atoms with Crippen LogP contribution < -0.4 is 5.73 Å². The van der Waals surface area contributed by atoms with E-state index in [9.17, 15) is 9.36 Å². The first kappa shape index (κ1) is 15.5. The number of phosphoric acid groups is 1. The summed E-state index contributed by atoms with van der Waals surface area (Å²) in [6, 6.07) is 0. The Kier molecular flexibility index (Phi) is 6.14. The van der Waals surface area contributed by atoms with Crippen molar-refractivity contribution in [3.05, 3.63) is 0 Å². The van der Waals surface area contributed by atoms with Crippen LogP contribution in [0, 0.1) is 0 Å². The minimum absolute atomic E-state index is 0.202. The molecule has 0 radical (unpaired) electrons. The van der Waals surface area contributed by atoms with Gasteiger partial charge in [-0.3, -0.25) is 18.4 Å². The highest BCUT2D eigenvalue weighted by Crippen LogP contribution is 2.48. The predicted molar refractivity (Wildman–Crippen MR) is 58.6 cm³/mol. The lowest BCUT2D eigenvalue weighted by molar-refractivity contribution is -0.870. The number of nitrogens with two attached hydrogens (primary N) is 1. The van der Waals surface area contributed by atoms with Gasteiger partial charge in [0.2, 0.25) is 5.91 Å². The summed E-state index contributed by atoms with van der Waals surface area (Å²) in [6.07, 6.45) is 0. The van der Waals surface area contributed by atoms with E-state index in [0.717, 1.165) is 0 Å². The molecule has 1 atom stereocenters. The highest BCUT2D eigenvalue weighted by Gasteiger charge is 2.26. The van der Waals surface area contributed by atoms with E-state index in [-0.39, 0.29) is 6.61 Å². The Morgan fingerprint density at radius 1 is 1.31 bits per heavy atom. The Labute approximate surface area is 95.7 Å². The standard InChI is InChI=1S/C8H19N2O5P/c1-10(2,3)5-6-14-16(12,13-4)15-7-8(9)11/h5-7H2,1-4H3,(H-,9,11)/p+1. The maximum Gasteiger partial charge on any atom is 0.475 e. The van der Waals surface area contributed by atoms with Gasteiger partial charge in [0.15, 0.2) is 0 Å². The van der Waals surface area contributed by atoms with Crippen LogP contribution in [0.4, 0.5) is 0 Å². The van der Waals surface area contributed by atoms with Crippen molar-refractivity contribution in [2.75, 3.05) is 48.0 Å². The van der Waals surface area contributed by atoms with Crippen LogP contribution in [-0.2, 0) is 22.9 Å². The minimum Gasteiger partial charge on any atom is -0.368 e. The van der Waals surface area contributed by atoms with Gasteiger partial charge in [0.25, 0.3) is 0 Å². The van der Waals surface area contributed by atoms with E-state index in [2.05, 4.69) is 9.05 Å². The van der Waals surface area contributed by atoms with Gasteiger partial charge in [-0.15, -0.1) is 0 Å². The van der Waals surface area contributed by atoms with Crippen molar-refractivity contribution in [1.82, 2.24) is 0 Å². The van der Waals surface area contributed by atoms with Crippen molar-refractivity contribution >= 4 is 13.7 Å². The van der Waals surface area contributed by atoms with Gasteiger partial charge < -0.3 is 10.2 Å². The Bertz CT molecular complexity index is 276. The molecule has 0 aliphatic carbocycles. The third-order valence-electron chi connectivity index (χ3n) is 1.60. The zero-order valence-electron chi connectivity index (χ0n) is 10.1. The maximum absolute atomic E-state index is 11.7. The number of quaternary nitrogens is 1. The summed E-state index contributed by atoms with van der Waals surface area (Å²) in [7, 11) is 3.43. The maximum atomic E-state index is 11.7. The van der Waals surface area contributed by atoms with Gasteiger partial charge in [0.05, 0.1) is 21.1 Å². The number of carbonyl (C=O) groups is 1. The number of nitrogens with zero attached hydrogens (tertiary/aromatic N) is 1. The van der Waals surface area contributed by atoms with Crippen LogP contribution >= 0.6 is 7.82 Å². The molecule has 0 aromatic carbocycles. The molecule has 0 spiro atoms. The lowest BCUT2D eigenvalue weighted by Gasteiger charge is -2.24. The molecule has 1 unspecified atom stereocenters. The molecular formula is C8H20N2O5P+. The van der Waals surface area contributed by atoms with Crippen LogP contribution in [0.25, 0.3) is 0 Å². The Balaban J connectivity index is 4.07. The van der Waals surface area contributed by atoms with Crippen LogP contribution in [0.3, 0.4) is 0 Å². The first-order chi connectivity index (χ1) is 7.18. The van der Waals surface area contributed by atoms with E-state index in [4.69, 9.17) is 10.3 Å². The third-order valence-corrected chi connectivity index (χ3v) is 2.99. The van der Waals surface area contributed by atoms with Crippen molar-refractivity contribution in [2.45, 2.75) is 0 Å². The molecule has 96 valence electrons. The van der Waals surface area contributed by atoms with E-state index in [1.807, 2.05) is 21.1 Å². The third kappa shape index (κ3) is 7.78. The smallest absolute Gasteiger partial charge is 0.368 e. The van der Waals surface area contributed by atoms with Gasteiger partial charge in [-0.2, -0.15) is 0 Å². The largest absolute Gasteiger partial charge is 0.475 e. The molecule has 7 nitrogen and oxygen atoms in total. The van der Waals surface area contributed by atoms with Gasteiger partial charge >= 0.3 is 7.82 Å². The molecule has 0 saturated carbocycles. The van der Waals surface area contributed by atoms with Crippen LogP contribution in [0.5, 0.6) is 0 Å². The number of rotatable bonds is 8. The molecule has 0 fully saturated rings. The summed E-state index contributed by atoms with van der Waals surface area (Å²) >= 11 is 0. The summed E-state index contributed by atoms with van der Waals surface area (Å²) in [5.74, 6) is -0.729. The highest BCUT2D eigenvalue weighted by atomic mass is 31.2. The molecule has 0 aliphatic rings. The first-order valence-electron chi connectivity index (χ1n) is 4.72. The van der Waals surface area contributed by atoms with E-state index in [1.54, 1.807) is 0 Å². The van der Waals surface area contributed by atoms with Crippen molar-refractivity contribution in [3.8, 4) is 0 Å². The summed E-state index contributed by atoms with van der Waals surface area (Å²) in [4.78, 5) is 10.5. The Hall–Kier alpha value is -0.460. The van der Waals surface area contributed by atoms with Crippen LogP contribution in [0.2, 0.25) is 0 Å². The van der Waals surface area contributed by atoms with E-state index in [0.29, 0.717) is 11.0 Å². The molecule has 0 aliphatic heterocycles. The number of carbonyl (C=O) groups excluding carboxylic acids is 1. The molecule has 0 bridgehead atoms. The molecule has 0 aromatic rings. The second-order valence-electron chi connectivity index (χ2n) is 4.22. The Morgan fingerprint density at radius 3 is 2.25 bits per heavy atom. The second-order valence-corrected chi connectivity index (χ2v) is 5.99. The molecular weight excluding hydrogens is 235 g/mol. The fourth-order valence-corrected chi connectivity index (χ4v) is 1.59. The monoisotopic (exact) mass is 255 g/mol. The first-order valence-corrected chi connectivity index (χ1v) is 6.18. The van der Waals surface area contributed by atoms with E-state index in [1.165, 1.54) is 7.11 Å². The highest BCUT2D eigenvalue weighted by molar-refractivity contribution is 7.48. The minimum atomic E-state index is -3.65. The van der Waals surface area contributed by atoms with Crippen LogP contribution in [-0.4, -0.2) is 58.4 Å². The molecule has 2 N–H and O–H groups in total. The molecule has 0 aromatic heterocycles. The van der Waals surface area contributed by atoms with Crippen molar-refractivity contribution in [3.63, 3.8) is 0 Å². The lowest BCUT2D eigenvalue weighted by atomic mass is 10.5. The van der Waals surface area contributed by atoms with E-state index < -0.39 is 20.3 Å². The van der Waals surface area contributed by atoms with Crippen molar-refractivity contribution in [1.29, 1.82) is 0 Å². The second kappa shape index (κ2) is 6.32. The van der Waals surface area contributed by atoms with Crippen molar-refractivity contribution in [2.24, 2.45) is 5.73 Å². The Morgan fingerprint density at radius 2 is 1.88 bits per heavy atom. The van der Waals surface area contributed by atoms with Gasteiger partial charge in [-0.05, 0) is 0 Å². The molecule has 8 heteroatoms. The molecule has 0 heterocycles. The number of hydrogen-bond acceptors (Lipinski definition) is 5. The normalized spacial score (nSPS) is 15.8. The molecule has 1 amide bonds. The average molecular weight is 255 g/mol. The zero-order chi connectivity index (χ0) is 12.8. The van der Waals surface area contributed by atoms with Gasteiger partial charge in [0.1, 0.15) is 19.8 Å². The van der Waals surface area contributed by atoms with Gasteiger partial charge in [0, 0.05) is 7.11 Å². The summed E-state index contributed by atoms with van der Waals surface area (Å²) in [5.41, 5.74) is 4.85. The van der Waals surface area contributed by atoms with Gasteiger partial charge in [-0.1, -0.05) is 0 Å². The zero-order valence-corrected chi connectivity index (χ0v) is 11.0. The van der Waals surface area contributed by atoms with E-state index >= 15 is 0 Å². The van der Waals surface area contributed by atoms with Gasteiger partial charge in [-0.25, -0.2) is 4.57 Å². The molecule has 0 saturated heterocycles. The topological polar surface area (TPSA) is 87.8 Å². The lowest BCUT2D eigenvalue weighted by Crippen LogP contribution is -2.37. The number of amides is 1. The molecule has 0 rings (SSSR count). The summed E-state index contributed by atoms with van der Waals surface area (Å²) in [6.45, 7) is 0.343.